The molecular weight excluding hydrogens is 298 g/mol. The number of likely N-dealkylation sites (N-methyl/N-ethyl adjacent to an activating group) is 1. The van der Waals surface area contributed by atoms with Crippen LogP contribution in [0.5, 0.6) is 5.75 Å². The number of thiophene rings is 1. The molecule has 0 radical (unpaired) electrons. The quantitative estimate of drug-likeness (QED) is 0.902. The van der Waals surface area contributed by atoms with Crippen molar-refractivity contribution in [3.05, 3.63) is 50.6 Å². The van der Waals surface area contributed by atoms with Crippen molar-refractivity contribution in [2.75, 3.05) is 7.05 Å². The fraction of sp³-hybridized carbons (Fsp3) is 0.231. The molecular formula is C13H14BrNOS. The van der Waals surface area contributed by atoms with Crippen LogP contribution in [-0.4, -0.2) is 12.2 Å². The van der Waals surface area contributed by atoms with Crippen LogP contribution in [-0.2, 0) is 6.42 Å². The number of phenolic OH excluding ortho intramolecular Hbond substituents is 1. The van der Waals surface area contributed by atoms with Gasteiger partial charge in [-0.05, 0) is 53.2 Å². The van der Waals surface area contributed by atoms with Crippen molar-refractivity contribution in [3.63, 3.8) is 0 Å². The Hall–Kier alpha value is -0.840. The summed E-state index contributed by atoms with van der Waals surface area (Å²) in [4.78, 5) is 1.29. The number of aromatic hydroxyl groups is 1. The Kier molecular flexibility index (Phi) is 4.20. The molecule has 0 amide bonds. The second-order valence-corrected chi connectivity index (χ2v) is 5.74. The lowest BCUT2D eigenvalue weighted by Crippen LogP contribution is -2.17. The van der Waals surface area contributed by atoms with E-state index < -0.39 is 0 Å². The summed E-state index contributed by atoms with van der Waals surface area (Å²) >= 11 is 5.20. The molecule has 1 aromatic carbocycles. The Balaban J connectivity index is 2.15. The third kappa shape index (κ3) is 3.31. The number of benzene rings is 1. The number of hydrogen-bond acceptors (Lipinski definition) is 3. The van der Waals surface area contributed by atoms with Crippen LogP contribution in [0.3, 0.4) is 0 Å². The van der Waals surface area contributed by atoms with Crippen LogP contribution >= 0.6 is 27.3 Å². The molecule has 0 saturated carbocycles. The van der Waals surface area contributed by atoms with Gasteiger partial charge in [0.2, 0.25) is 0 Å². The fourth-order valence-electron chi connectivity index (χ4n) is 1.78. The van der Waals surface area contributed by atoms with Gasteiger partial charge in [-0.2, -0.15) is 0 Å². The van der Waals surface area contributed by atoms with Crippen LogP contribution in [0.1, 0.15) is 16.5 Å². The Labute approximate surface area is 113 Å². The molecule has 2 aromatic rings. The maximum atomic E-state index is 9.45. The van der Waals surface area contributed by atoms with E-state index in [0.29, 0.717) is 5.75 Å². The molecule has 0 bridgehead atoms. The van der Waals surface area contributed by atoms with Gasteiger partial charge >= 0.3 is 0 Å². The summed E-state index contributed by atoms with van der Waals surface area (Å²) < 4.78 is 1.12. The smallest absolute Gasteiger partial charge is 0.115 e. The van der Waals surface area contributed by atoms with Gasteiger partial charge in [0.25, 0.3) is 0 Å². The highest BCUT2D eigenvalue weighted by atomic mass is 79.9. The van der Waals surface area contributed by atoms with Gasteiger partial charge in [0.1, 0.15) is 5.75 Å². The molecule has 0 saturated heterocycles. The number of nitrogens with one attached hydrogen (secondary N) is 1. The summed E-state index contributed by atoms with van der Waals surface area (Å²) in [5, 5.41) is 14.8. The van der Waals surface area contributed by atoms with Gasteiger partial charge in [0, 0.05) is 20.8 Å². The standard InChI is InChI=1S/C13H14BrNOS/c1-15-12(13-7-10(14)8-17-13)6-9-3-2-4-11(16)5-9/h2-5,7-8,12,15-16H,6H2,1H3. The molecule has 0 fully saturated rings. The third-order valence-corrected chi connectivity index (χ3v) is 4.44. The maximum absolute atomic E-state index is 9.45. The molecule has 1 aromatic heterocycles. The maximum Gasteiger partial charge on any atom is 0.115 e. The van der Waals surface area contributed by atoms with Gasteiger partial charge in [0.15, 0.2) is 0 Å². The van der Waals surface area contributed by atoms with Crippen molar-refractivity contribution in [1.29, 1.82) is 0 Å². The van der Waals surface area contributed by atoms with Crippen molar-refractivity contribution in [2.45, 2.75) is 12.5 Å². The minimum atomic E-state index is 0.285. The highest BCUT2D eigenvalue weighted by molar-refractivity contribution is 9.10. The molecule has 4 heteroatoms. The van der Waals surface area contributed by atoms with Gasteiger partial charge in [-0.3, -0.25) is 0 Å². The monoisotopic (exact) mass is 311 g/mol. The summed E-state index contributed by atoms with van der Waals surface area (Å²) in [7, 11) is 1.96. The van der Waals surface area contributed by atoms with E-state index >= 15 is 0 Å². The van der Waals surface area contributed by atoms with Crippen LogP contribution in [0.15, 0.2) is 40.2 Å². The Morgan fingerprint density at radius 2 is 2.24 bits per heavy atom. The molecule has 0 aliphatic heterocycles. The molecule has 17 heavy (non-hydrogen) atoms. The molecule has 2 rings (SSSR count). The Morgan fingerprint density at radius 1 is 1.41 bits per heavy atom. The lowest BCUT2D eigenvalue weighted by Gasteiger charge is -2.14. The van der Waals surface area contributed by atoms with Gasteiger partial charge in [-0.15, -0.1) is 11.3 Å². The zero-order valence-corrected chi connectivity index (χ0v) is 11.9. The van der Waals surface area contributed by atoms with E-state index in [1.807, 2.05) is 25.2 Å². The molecule has 0 aliphatic carbocycles. The van der Waals surface area contributed by atoms with Gasteiger partial charge in [-0.1, -0.05) is 12.1 Å². The number of phenols is 1. The highest BCUT2D eigenvalue weighted by Gasteiger charge is 2.12. The van der Waals surface area contributed by atoms with Crippen LogP contribution in [0, 0.1) is 0 Å². The second-order valence-electron chi connectivity index (χ2n) is 3.88. The Morgan fingerprint density at radius 3 is 2.82 bits per heavy atom. The van der Waals surface area contributed by atoms with E-state index in [1.54, 1.807) is 17.4 Å². The average Bonchev–Trinajstić information content (AvgIpc) is 2.73. The molecule has 2 N–H and O–H groups in total. The summed E-state index contributed by atoms with van der Waals surface area (Å²) in [6.45, 7) is 0. The van der Waals surface area contributed by atoms with Crippen LogP contribution in [0.4, 0.5) is 0 Å². The molecule has 90 valence electrons. The SMILES string of the molecule is CNC(Cc1cccc(O)c1)c1cc(Br)cs1. The normalized spacial score (nSPS) is 12.6. The second kappa shape index (κ2) is 5.67. The zero-order chi connectivity index (χ0) is 12.3. The highest BCUT2D eigenvalue weighted by Crippen LogP contribution is 2.28. The van der Waals surface area contributed by atoms with Gasteiger partial charge in [0.05, 0.1) is 0 Å². The summed E-state index contributed by atoms with van der Waals surface area (Å²) in [6, 6.07) is 9.84. The van der Waals surface area contributed by atoms with Crippen molar-refractivity contribution < 1.29 is 5.11 Å². The predicted molar refractivity (Wildman–Crippen MR) is 75.6 cm³/mol. The molecule has 1 atom stereocenters. The largest absolute Gasteiger partial charge is 0.508 e. The van der Waals surface area contributed by atoms with E-state index in [-0.39, 0.29) is 6.04 Å². The minimum absolute atomic E-state index is 0.285. The van der Waals surface area contributed by atoms with E-state index in [2.05, 4.69) is 32.7 Å². The van der Waals surface area contributed by atoms with Gasteiger partial charge in [-0.25, -0.2) is 0 Å². The lowest BCUT2D eigenvalue weighted by atomic mass is 10.0. The zero-order valence-electron chi connectivity index (χ0n) is 9.48. The average molecular weight is 312 g/mol. The first kappa shape index (κ1) is 12.6. The number of halogens is 1. The first-order chi connectivity index (χ1) is 8.19. The molecule has 2 nitrogen and oxygen atoms in total. The van der Waals surface area contributed by atoms with E-state index in [4.69, 9.17) is 0 Å². The van der Waals surface area contributed by atoms with Crippen molar-refractivity contribution >= 4 is 27.3 Å². The van der Waals surface area contributed by atoms with Crippen LogP contribution < -0.4 is 5.32 Å². The first-order valence-electron chi connectivity index (χ1n) is 5.38. The minimum Gasteiger partial charge on any atom is -0.508 e. The number of hydrogen-bond donors (Lipinski definition) is 2. The molecule has 0 aliphatic rings. The van der Waals surface area contributed by atoms with Crippen LogP contribution in [0.25, 0.3) is 0 Å². The van der Waals surface area contributed by atoms with Crippen molar-refractivity contribution in [1.82, 2.24) is 5.32 Å². The van der Waals surface area contributed by atoms with E-state index in [0.717, 1.165) is 16.5 Å². The third-order valence-electron chi connectivity index (χ3n) is 2.63. The topological polar surface area (TPSA) is 32.3 Å². The number of rotatable bonds is 4. The van der Waals surface area contributed by atoms with E-state index in [9.17, 15) is 5.11 Å². The fourth-order valence-corrected chi connectivity index (χ4v) is 3.33. The van der Waals surface area contributed by atoms with Gasteiger partial charge < -0.3 is 10.4 Å². The lowest BCUT2D eigenvalue weighted by molar-refractivity contribution is 0.473. The van der Waals surface area contributed by atoms with E-state index in [1.165, 1.54) is 4.88 Å². The summed E-state index contributed by atoms with van der Waals surface area (Å²) in [6.07, 6.45) is 0.873. The van der Waals surface area contributed by atoms with Crippen molar-refractivity contribution in [3.8, 4) is 5.75 Å². The van der Waals surface area contributed by atoms with Crippen LogP contribution in [0.2, 0.25) is 0 Å². The van der Waals surface area contributed by atoms with Crippen molar-refractivity contribution in [2.24, 2.45) is 0 Å². The first-order valence-corrected chi connectivity index (χ1v) is 7.05. The molecule has 0 spiro atoms. The summed E-state index contributed by atoms with van der Waals surface area (Å²) in [5.74, 6) is 0.324. The summed E-state index contributed by atoms with van der Waals surface area (Å²) in [5.41, 5.74) is 1.13. The molecule has 1 heterocycles. The Bertz CT molecular complexity index is 498. The molecule has 1 unspecified atom stereocenters. The predicted octanol–water partition coefficient (Wildman–Crippen LogP) is 3.72.